The van der Waals surface area contributed by atoms with Gasteiger partial charge in [0.25, 0.3) is 0 Å². The van der Waals surface area contributed by atoms with Crippen LogP contribution >= 0.6 is 11.8 Å². The van der Waals surface area contributed by atoms with E-state index in [-0.39, 0.29) is 23.2 Å². The standard InChI is InChI=1S/C16H30N2O3S/c1-4-6-9-14(19)18-13(12-22-15(18)8-5-2)16(20)17-10-7-11-21-3/h13,15H,4-12H2,1-3H3,(H,17,20). The molecule has 128 valence electrons. The fourth-order valence-corrected chi connectivity index (χ4v) is 4.12. The first-order valence-corrected chi connectivity index (χ1v) is 9.39. The van der Waals surface area contributed by atoms with Crippen LogP contribution in [-0.2, 0) is 14.3 Å². The Balaban J connectivity index is 2.61. The van der Waals surface area contributed by atoms with E-state index in [1.54, 1.807) is 18.9 Å². The summed E-state index contributed by atoms with van der Waals surface area (Å²) in [6.45, 7) is 5.43. The minimum Gasteiger partial charge on any atom is -0.385 e. The third-order valence-corrected chi connectivity index (χ3v) is 5.14. The van der Waals surface area contributed by atoms with E-state index < -0.39 is 0 Å². The highest BCUT2D eigenvalue weighted by atomic mass is 32.2. The number of amides is 2. The summed E-state index contributed by atoms with van der Waals surface area (Å²) < 4.78 is 4.98. The van der Waals surface area contributed by atoms with Gasteiger partial charge in [-0.1, -0.05) is 26.7 Å². The smallest absolute Gasteiger partial charge is 0.243 e. The third-order valence-electron chi connectivity index (χ3n) is 3.79. The molecular weight excluding hydrogens is 300 g/mol. The molecule has 0 aromatic heterocycles. The second-order valence-corrected chi connectivity index (χ2v) is 6.85. The Morgan fingerprint density at radius 2 is 2.05 bits per heavy atom. The van der Waals surface area contributed by atoms with E-state index in [2.05, 4.69) is 19.2 Å². The van der Waals surface area contributed by atoms with Gasteiger partial charge in [0.1, 0.15) is 6.04 Å². The molecule has 0 bridgehead atoms. The van der Waals surface area contributed by atoms with Crippen molar-refractivity contribution in [2.24, 2.45) is 0 Å². The number of carbonyl (C=O) groups excluding carboxylic acids is 2. The van der Waals surface area contributed by atoms with Gasteiger partial charge in [0.05, 0.1) is 5.37 Å². The summed E-state index contributed by atoms with van der Waals surface area (Å²) in [5.74, 6) is 0.813. The van der Waals surface area contributed by atoms with E-state index in [9.17, 15) is 9.59 Å². The SMILES string of the molecule is CCCCC(=O)N1C(CCC)SCC1C(=O)NCCCOC. The fourth-order valence-electron chi connectivity index (χ4n) is 2.57. The van der Waals surface area contributed by atoms with Crippen molar-refractivity contribution < 1.29 is 14.3 Å². The lowest BCUT2D eigenvalue weighted by molar-refractivity contribution is -0.140. The molecule has 1 heterocycles. The van der Waals surface area contributed by atoms with Crippen molar-refractivity contribution in [3.8, 4) is 0 Å². The number of nitrogens with zero attached hydrogens (tertiary/aromatic N) is 1. The molecule has 0 spiro atoms. The van der Waals surface area contributed by atoms with Gasteiger partial charge < -0.3 is 15.0 Å². The van der Waals surface area contributed by atoms with Gasteiger partial charge in [-0.25, -0.2) is 0 Å². The lowest BCUT2D eigenvalue weighted by Crippen LogP contribution is -2.50. The van der Waals surface area contributed by atoms with Crippen molar-refractivity contribution in [2.45, 2.75) is 63.8 Å². The topological polar surface area (TPSA) is 58.6 Å². The molecule has 6 heteroatoms. The summed E-state index contributed by atoms with van der Waals surface area (Å²) in [5, 5.41) is 3.09. The van der Waals surface area contributed by atoms with E-state index in [1.165, 1.54) is 0 Å². The van der Waals surface area contributed by atoms with Crippen molar-refractivity contribution in [3.05, 3.63) is 0 Å². The van der Waals surface area contributed by atoms with E-state index >= 15 is 0 Å². The Morgan fingerprint density at radius 1 is 1.27 bits per heavy atom. The van der Waals surface area contributed by atoms with Crippen LogP contribution in [-0.4, -0.2) is 54.1 Å². The zero-order chi connectivity index (χ0) is 16.4. The number of carbonyl (C=O) groups is 2. The molecule has 22 heavy (non-hydrogen) atoms. The van der Waals surface area contributed by atoms with Crippen molar-refractivity contribution in [3.63, 3.8) is 0 Å². The minimum atomic E-state index is -0.312. The van der Waals surface area contributed by atoms with Gasteiger partial charge >= 0.3 is 0 Å². The lowest BCUT2D eigenvalue weighted by Gasteiger charge is -2.28. The maximum atomic E-state index is 12.5. The number of nitrogens with one attached hydrogen (secondary N) is 1. The van der Waals surface area contributed by atoms with Gasteiger partial charge in [0.2, 0.25) is 11.8 Å². The van der Waals surface area contributed by atoms with E-state index in [4.69, 9.17) is 4.74 Å². The number of methoxy groups -OCH3 is 1. The molecule has 5 nitrogen and oxygen atoms in total. The van der Waals surface area contributed by atoms with Crippen LogP contribution in [0.25, 0.3) is 0 Å². The van der Waals surface area contributed by atoms with Crippen LogP contribution in [0.1, 0.15) is 52.4 Å². The van der Waals surface area contributed by atoms with E-state index in [0.29, 0.717) is 25.3 Å². The first-order chi connectivity index (χ1) is 10.7. The second kappa shape index (κ2) is 10.9. The monoisotopic (exact) mass is 330 g/mol. The summed E-state index contributed by atoms with van der Waals surface area (Å²) in [7, 11) is 1.65. The van der Waals surface area contributed by atoms with Crippen molar-refractivity contribution in [1.29, 1.82) is 0 Å². The van der Waals surface area contributed by atoms with Crippen LogP contribution in [0.2, 0.25) is 0 Å². The van der Waals surface area contributed by atoms with Crippen LogP contribution < -0.4 is 5.32 Å². The Morgan fingerprint density at radius 3 is 2.68 bits per heavy atom. The summed E-state index contributed by atoms with van der Waals surface area (Å²) >= 11 is 1.74. The van der Waals surface area contributed by atoms with Crippen LogP contribution in [0.5, 0.6) is 0 Å². The molecule has 2 amide bonds. The number of rotatable bonds is 10. The molecule has 1 saturated heterocycles. The zero-order valence-electron chi connectivity index (χ0n) is 14.1. The molecule has 0 aliphatic carbocycles. The lowest BCUT2D eigenvalue weighted by atomic mass is 10.1. The highest BCUT2D eigenvalue weighted by molar-refractivity contribution is 8.00. The van der Waals surface area contributed by atoms with Gasteiger partial charge in [0, 0.05) is 32.4 Å². The Bertz CT molecular complexity index is 352. The predicted octanol–water partition coefficient (Wildman–Crippen LogP) is 2.40. The molecule has 1 N–H and O–H groups in total. The quantitative estimate of drug-likeness (QED) is 0.625. The fraction of sp³-hybridized carbons (Fsp3) is 0.875. The third kappa shape index (κ3) is 5.80. The summed E-state index contributed by atoms with van der Waals surface area (Å²) in [4.78, 5) is 26.7. The minimum absolute atomic E-state index is 0.0212. The molecule has 0 radical (unpaired) electrons. The second-order valence-electron chi connectivity index (χ2n) is 5.63. The van der Waals surface area contributed by atoms with Crippen molar-refractivity contribution >= 4 is 23.6 Å². The van der Waals surface area contributed by atoms with Crippen LogP contribution in [0.4, 0.5) is 0 Å². The van der Waals surface area contributed by atoms with Crippen LogP contribution in [0.15, 0.2) is 0 Å². The molecule has 0 aromatic rings. The van der Waals surface area contributed by atoms with Gasteiger partial charge in [-0.3, -0.25) is 9.59 Å². The Hall–Kier alpha value is -0.750. The highest BCUT2D eigenvalue weighted by Gasteiger charge is 2.40. The molecule has 2 unspecified atom stereocenters. The van der Waals surface area contributed by atoms with Crippen LogP contribution in [0, 0.1) is 0 Å². The highest BCUT2D eigenvalue weighted by Crippen LogP contribution is 2.33. The summed E-state index contributed by atoms with van der Waals surface area (Å²) in [6, 6.07) is -0.312. The number of hydrogen-bond donors (Lipinski definition) is 1. The Labute approximate surface area is 138 Å². The number of hydrogen-bond acceptors (Lipinski definition) is 4. The first-order valence-electron chi connectivity index (χ1n) is 8.35. The molecule has 2 atom stereocenters. The number of ether oxygens (including phenoxy) is 1. The molecule has 0 saturated carbocycles. The number of unbranched alkanes of at least 4 members (excludes halogenated alkanes) is 1. The number of thioether (sulfide) groups is 1. The average Bonchev–Trinajstić information content (AvgIpc) is 2.93. The molecule has 1 fully saturated rings. The van der Waals surface area contributed by atoms with Crippen LogP contribution in [0.3, 0.4) is 0 Å². The van der Waals surface area contributed by atoms with Gasteiger partial charge in [-0.2, -0.15) is 0 Å². The van der Waals surface area contributed by atoms with Gasteiger partial charge in [-0.05, 0) is 19.3 Å². The van der Waals surface area contributed by atoms with Crippen molar-refractivity contribution in [1.82, 2.24) is 10.2 Å². The maximum Gasteiger partial charge on any atom is 0.243 e. The molecule has 1 aliphatic heterocycles. The molecular formula is C16H30N2O3S. The Kier molecular flexibility index (Phi) is 9.55. The normalized spacial score (nSPS) is 21.1. The van der Waals surface area contributed by atoms with E-state index in [1.807, 2.05) is 4.90 Å². The maximum absolute atomic E-state index is 12.5. The molecule has 1 rings (SSSR count). The molecule has 1 aliphatic rings. The molecule has 0 aromatic carbocycles. The van der Waals surface area contributed by atoms with E-state index in [0.717, 1.165) is 32.1 Å². The summed E-state index contributed by atoms with van der Waals surface area (Å²) in [6.07, 6.45) is 5.21. The largest absolute Gasteiger partial charge is 0.385 e. The predicted molar refractivity (Wildman–Crippen MR) is 90.8 cm³/mol. The zero-order valence-corrected chi connectivity index (χ0v) is 14.9. The van der Waals surface area contributed by atoms with Gasteiger partial charge in [-0.15, -0.1) is 11.8 Å². The summed E-state index contributed by atoms with van der Waals surface area (Å²) in [5.41, 5.74) is 0. The van der Waals surface area contributed by atoms with Gasteiger partial charge in [0.15, 0.2) is 0 Å². The first kappa shape index (κ1) is 19.3. The van der Waals surface area contributed by atoms with Crippen molar-refractivity contribution in [2.75, 3.05) is 26.0 Å². The average molecular weight is 330 g/mol.